The van der Waals surface area contributed by atoms with E-state index in [1.807, 2.05) is 13.8 Å². The summed E-state index contributed by atoms with van der Waals surface area (Å²) in [6, 6.07) is 8.58. The van der Waals surface area contributed by atoms with E-state index in [1.54, 1.807) is 49.1 Å². The monoisotopic (exact) mass is 560 g/mol. The zero-order chi connectivity index (χ0) is 28.6. The topological polar surface area (TPSA) is 66.8 Å². The van der Waals surface area contributed by atoms with Gasteiger partial charge in [-0.3, -0.25) is 4.99 Å². The number of alkyl halides is 2. The number of carbonyl (C=O) groups excluding carboxylic acids is 1. The second-order valence-corrected chi connectivity index (χ2v) is 13.0. The minimum absolute atomic E-state index is 0.00771. The molecule has 5 nitrogen and oxygen atoms in total. The van der Waals surface area contributed by atoms with Gasteiger partial charge in [0.25, 0.3) is 0 Å². The Hall–Kier alpha value is -2.57. The molecule has 0 N–H and O–H groups in total. The summed E-state index contributed by atoms with van der Waals surface area (Å²) in [5, 5.41) is -0.509. The lowest BCUT2D eigenvalue weighted by atomic mass is 9.80. The van der Waals surface area contributed by atoms with E-state index < -0.39 is 21.0 Å². The summed E-state index contributed by atoms with van der Waals surface area (Å²) in [6.45, 7) is 7.79. The van der Waals surface area contributed by atoms with Gasteiger partial charge in [0.15, 0.2) is 9.84 Å². The molecule has 1 aromatic carbocycles. The molecule has 4 unspecified atom stereocenters. The second-order valence-electron chi connectivity index (χ2n) is 10.7. The minimum Gasteiger partial charge on any atom is -0.351 e. The standard InChI is InChI=1S/C31H42F2N2O3S/c1-5-18-31(32,33)30-20-27(34-22-35(30)7-3)19-24(6-2)29(21-36)26-13-11-12-25(16-17-26)23(4)39(37,38)28-14-9-8-10-15-28/h5,8-10,14-15,18,20,23-26H,6-7,11-13,16-17,19,22H2,1-4H3. The third-order valence-electron chi connectivity index (χ3n) is 8.37. The van der Waals surface area contributed by atoms with Crippen molar-refractivity contribution in [2.24, 2.45) is 22.7 Å². The molecule has 39 heavy (non-hydrogen) atoms. The van der Waals surface area contributed by atoms with Gasteiger partial charge in [0, 0.05) is 17.8 Å². The first-order valence-corrected chi connectivity index (χ1v) is 15.7. The van der Waals surface area contributed by atoms with E-state index in [2.05, 4.69) is 10.9 Å². The molecule has 1 aliphatic carbocycles. The molecule has 1 saturated carbocycles. The number of rotatable bonds is 11. The van der Waals surface area contributed by atoms with E-state index in [0.717, 1.165) is 31.8 Å². The first kappa shape index (κ1) is 31.0. The average molecular weight is 561 g/mol. The van der Waals surface area contributed by atoms with Crippen molar-refractivity contribution < 1.29 is 22.0 Å². The highest BCUT2D eigenvalue weighted by Crippen LogP contribution is 2.39. The lowest BCUT2D eigenvalue weighted by Crippen LogP contribution is -2.37. The number of halogens is 2. The van der Waals surface area contributed by atoms with E-state index in [4.69, 9.17) is 0 Å². The molecule has 0 aromatic heterocycles. The van der Waals surface area contributed by atoms with Crippen LogP contribution in [0.1, 0.15) is 72.6 Å². The molecule has 1 aromatic rings. The van der Waals surface area contributed by atoms with Crippen LogP contribution in [0.15, 0.2) is 69.7 Å². The Bertz CT molecular complexity index is 1220. The molecule has 2 aliphatic rings. The van der Waals surface area contributed by atoms with Gasteiger partial charge in [-0.1, -0.05) is 37.6 Å². The average Bonchev–Trinajstić information content (AvgIpc) is 3.19. The van der Waals surface area contributed by atoms with E-state index >= 15 is 0 Å². The molecule has 0 spiro atoms. The zero-order valence-corrected chi connectivity index (χ0v) is 24.4. The van der Waals surface area contributed by atoms with Crippen LogP contribution in [0.4, 0.5) is 8.78 Å². The van der Waals surface area contributed by atoms with E-state index in [0.29, 0.717) is 42.0 Å². The Kier molecular flexibility index (Phi) is 10.9. The van der Waals surface area contributed by atoms with Crippen molar-refractivity contribution in [3.63, 3.8) is 0 Å². The van der Waals surface area contributed by atoms with Crippen molar-refractivity contribution in [3.8, 4) is 0 Å². The fraction of sp³-hybridized carbons (Fsp3) is 0.581. The van der Waals surface area contributed by atoms with Crippen LogP contribution in [-0.4, -0.2) is 49.4 Å². The maximum atomic E-state index is 14.8. The molecule has 0 radical (unpaired) electrons. The summed E-state index contributed by atoms with van der Waals surface area (Å²) in [4.78, 5) is 18.8. The molecular weight excluding hydrogens is 518 g/mol. The van der Waals surface area contributed by atoms with Crippen LogP contribution in [0, 0.1) is 17.8 Å². The normalized spacial score (nSPS) is 22.5. The maximum absolute atomic E-state index is 14.8. The molecule has 0 saturated heterocycles. The third kappa shape index (κ3) is 7.34. The predicted octanol–water partition coefficient (Wildman–Crippen LogP) is 7.05. The van der Waals surface area contributed by atoms with Gasteiger partial charge < -0.3 is 4.90 Å². The predicted molar refractivity (Wildman–Crippen MR) is 153 cm³/mol. The Morgan fingerprint density at radius 2 is 1.90 bits per heavy atom. The van der Waals surface area contributed by atoms with Gasteiger partial charge in [0.2, 0.25) is 0 Å². The zero-order valence-electron chi connectivity index (χ0n) is 23.6. The number of aliphatic imine (C=N–C) groups is 1. The van der Waals surface area contributed by atoms with Crippen molar-refractivity contribution in [1.29, 1.82) is 0 Å². The van der Waals surface area contributed by atoms with E-state index in [1.165, 1.54) is 12.2 Å². The number of sulfone groups is 1. The van der Waals surface area contributed by atoms with Crippen LogP contribution in [0.3, 0.4) is 0 Å². The molecule has 0 bridgehead atoms. The fourth-order valence-corrected chi connectivity index (χ4v) is 7.70. The van der Waals surface area contributed by atoms with Crippen molar-refractivity contribution in [1.82, 2.24) is 4.90 Å². The minimum atomic E-state index is -3.44. The molecule has 214 valence electrons. The fourth-order valence-electron chi connectivity index (χ4n) is 5.96. The molecule has 3 rings (SSSR count). The summed E-state index contributed by atoms with van der Waals surface area (Å²) in [5.74, 6) is -0.995. The highest BCUT2D eigenvalue weighted by molar-refractivity contribution is 7.92. The number of allylic oxidation sites excluding steroid dienone is 4. The van der Waals surface area contributed by atoms with Gasteiger partial charge >= 0.3 is 5.92 Å². The summed E-state index contributed by atoms with van der Waals surface area (Å²) in [6.07, 6.45) is 8.68. The maximum Gasteiger partial charge on any atom is 0.306 e. The highest BCUT2D eigenvalue weighted by atomic mass is 32.2. The largest absolute Gasteiger partial charge is 0.351 e. The van der Waals surface area contributed by atoms with Crippen LogP contribution in [0.2, 0.25) is 0 Å². The number of hydrogen-bond donors (Lipinski definition) is 0. The number of nitrogens with zero attached hydrogens (tertiary/aromatic N) is 2. The van der Waals surface area contributed by atoms with E-state index in [-0.39, 0.29) is 30.1 Å². The molecular formula is C31H42F2N2O3S. The molecule has 1 aliphatic heterocycles. The van der Waals surface area contributed by atoms with Gasteiger partial charge in [0.1, 0.15) is 12.6 Å². The molecule has 0 amide bonds. The van der Waals surface area contributed by atoms with Gasteiger partial charge in [0.05, 0.1) is 15.8 Å². The number of benzene rings is 1. The van der Waals surface area contributed by atoms with Crippen LogP contribution in [-0.2, 0) is 14.6 Å². The Morgan fingerprint density at radius 1 is 1.18 bits per heavy atom. The van der Waals surface area contributed by atoms with Crippen LogP contribution in [0.5, 0.6) is 0 Å². The van der Waals surface area contributed by atoms with Crippen LogP contribution < -0.4 is 0 Å². The smallest absolute Gasteiger partial charge is 0.306 e. The third-order valence-corrected chi connectivity index (χ3v) is 10.7. The Balaban J connectivity index is 1.74. The van der Waals surface area contributed by atoms with Gasteiger partial charge in [-0.05, 0) is 101 Å². The summed E-state index contributed by atoms with van der Waals surface area (Å²) >= 11 is 0. The SMILES string of the molecule is CC=CC(F)(F)C1=CC(CC(CC)C(=C=O)C2CCCC(C(C)S(=O)(=O)c3ccccc3)CC2)=NCN1CC. The molecule has 4 atom stereocenters. The van der Waals surface area contributed by atoms with Gasteiger partial charge in [-0.25, -0.2) is 13.2 Å². The van der Waals surface area contributed by atoms with Crippen molar-refractivity contribution in [2.75, 3.05) is 13.2 Å². The van der Waals surface area contributed by atoms with Crippen molar-refractivity contribution in [2.45, 2.75) is 88.7 Å². The summed E-state index contributed by atoms with van der Waals surface area (Å²) < 4.78 is 56.1. The van der Waals surface area contributed by atoms with E-state index in [9.17, 15) is 22.0 Å². The summed E-state index contributed by atoms with van der Waals surface area (Å²) in [7, 11) is -3.44. The van der Waals surface area contributed by atoms with Crippen LogP contribution in [0.25, 0.3) is 0 Å². The molecule has 1 heterocycles. The lowest BCUT2D eigenvalue weighted by Gasteiger charge is -2.32. The van der Waals surface area contributed by atoms with Crippen molar-refractivity contribution in [3.05, 3.63) is 59.8 Å². The lowest BCUT2D eigenvalue weighted by molar-refractivity contribution is 0.0604. The van der Waals surface area contributed by atoms with Crippen molar-refractivity contribution >= 4 is 21.5 Å². The first-order chi connectivity index (χ1) is 18.6. The summed E-state index contributed by atoms with van der Waals surface area (Å²) in [5.41, 5.74) is 1.20. The molecule has 1 fully saturated rings. The quantitative estimate of drug-likeness (QED) is 0.165. The van der Waals surface area contributed by atoms with Gasteiger partial charge in [-0.2, -0.15) is 8.78 Å². The Morgan fingerprint density at radius 3 is 2.51 bits per heavy atom. The highest BCUT2D eigenvalue weighted by Gasteiger charge is 2.37. The number of hydrogen-bond acceptors (Lipinski definition) is 5. The first-order valence-electron chi connectivity index (χ1n) is 14.1. The Labute approximate surface area is 232 Å². The van der Waals surface area contributed by atoms with Gasteiger partial charge in [-0.15, -0.1) is 0 Å². The van der Waals surface area contributed by atoms with Crippen LogP contribution >= 0.6 is 0 Å². The second kappa shape index (κ2) is 13.7. The molecule has 8 heteroatoms.